The molecule has 0 aromatic heterocycles. The predicted octanol–water partition coefficient (Wildman–Crippen LogP) is 2.65. The maximum absolute atomic E-state index is 14.1. The Kier molecular flexibility index (Phi) is 3.03. The van der Waals surface area contributed by atoms with Crippen molar-refractivity contribution in [3.05, 3.63) is 64.5 Å². The fourth-order valence-corrected chi connectivity index (χ4v) is 2.48. The Morgan fingerprint density at radius 2 is 1.62 bits per heavy atom. The Bertz CT molecular complexity index is 818. The SMILES string of the molecule is C#CCNc1ccc(F)c2c1C(=O)c1ccccc1C2=O. The van der Waals surface area contributed by atoms with Crippen molar-refractivity contribution in [2.75, 3.05) is 11.9 Å². The molecule has 2 aromatic rings. The van der Waals surface area contributed by atoms with Crippen LogP contribution >= 0.6 is 0 Å². The van der Waals surface area contributed by atoms with Gasteiger partial charge in [0.05, 0.1) is 17.7 Å². The molecule has 1 aliphatic rings. The number of terminal acetylenes is 1. The van der Waals surface area contributed by atoms with E-state index < -0.39 is 11.6 Å². The maximum atomic E-state index is 14.1. The maximum Gasteiger partial charge on any atom is 0.197 e. The van der Waals surface area contributed by atoms with Crippen LogP contribution in [0.15, 0.2) is 36.4 Å². The van der Waals surface area contributed by atoms with Gasteiger partial charge >= 0.3 is 0 Å². The van der Waals surface area contributed by atoms with E-state index in [1.165, 1.54) is 12.1 Å². The summed E-state index contributed by atoms with van der Waals surface area (Å²) in [4.78, 5) is 25.0. The van der Waals surface area contributed by atoms with Crippen LogP contribution in [0.2, 0.25) is 0 Å². The van der Waals surface area contributed by atoms with Crippen LogP contribution in [0.3, 0.4) is 0 Å². The topological polar surface area (TPSA) is 46.2 Å². The highest BCUT2D eigenvalue weighted by molar-refractivity contribution is 6.30. The monoisotopic (exact) mass is 279 g/mol. The second-order valence-corrected chi connectivity index (χ2v) is 4.61. The first kappa shape index (κ1) is 13.1. The summed E-state index contributed by atoms with van der Waals surface area (Å²) in [5.74, 6) is 0.817. The number of anilines is 1. The number of rotatable bonds is 2. The molecule has 3 rings (SSSR count). The zero-order valence-corrected chi connectivity index (χ0v) is 10.9. The molecule has 0 amide bonds. The van der Waals surface area contributed by atoms with Gasteiger partial charge in [-0.15, -0.1) is 6.42 Å². The van der Waals surface area contributed by atoms with Gasteiger partial charge in [0.2, 0.25) is 0 Å². The van der Waals surface area contributed by atoms with Crippen LogP contribution in [-0.2, 0) is 0 Å². The van der Waals surface area contributed by atoms with Crippen molar-refractivity contribution >= 4 is 17.3 Å². The van der Waals surface area contributed by atoms with Crippen molar-refractivity contribution in [3.63, 3.8) is 0 Å². The van der Waals surface area contributed by atoms with Crippen LogP contribution in [0.4, 0.5) is 10.1 Å². The lowest BCUT2D eigenvalue weighted by Crippen LogP contribution is -2.24. The fourth-order valence-electron chi connectivity index (χ4n) is 2.48. The zero-order chi connectivity index (χ0) is 15.0. The Morgan fingerprint density at radius 3 is 2.24 bits per heavy atom. The van der Waals surface area contributed by atoms with Gasteiger partial charge in [-0.25, -0.2) is 4.39 Å². The summed E-state index contributed by atoms with van der Waals surface area (Å²) in [5.41, 5.74) is 0.735. The Balaban J connectivity index is 2.27. The number of hydrogen-bond acceptors (Lipinski definition) is 3. The van der Waals surface area contributed by atoms with Gasteiger partial charge in [-0.05, 0) is 12.1 Å². The van der Waals surface area contributed by atoms with Crippen LogP contribution in [0.25, 0.3) is 0 Å². The summed E-state index contributed by atoms with van der Waals surface area (Å²) in [6.07, 6.45) is 5.18. The largest absolute Gasteiger partial charge is 0.374 e. The molecule has 0 aliphatic heterocycles. The van der Waals surface area contributed by atoms with Crippen molar-refractivity contribution in [1.29, 1.82) is 0 Å². The summed E-state index contributed by atoms with van der Waals surface area (Å²) in [7, 11) is 0. The van der Waals surface area contributed by atoms with Crippen LogP contribution in [0.5, 0.6) is 0 Å². The lowest BCUT2D eigenvalue weighted by molar-refractivity contribution is 0.0976. The molecule has 0 radical (unpaired) electrons. The summed E-state index contributed by atoms with van der Waals surface area (Å²) >= 11 is 0. The molecule has 2 aromatic carbocycles. The average molecular weight is 279 g/mol. The minimum absolute atomic E-state index is 0.0500. The highest BCUT2D eigenvalue weighted by atomic mass is 19.1. The number of hydrogen-bond donors (Lipinski definition) is 1. The molecule has 0 heterocycles. The molecular weight excluding hydrogens is 269 g/mol. The number of halogens is 1. The number of carbonyl (C=O) groups is 2. The summed E-state index contributed by atoms with van der Waals surface area (Å²) < 4.78 is 14.1. The normalized spacial score (nSPS) is 12.4. The molecular formula is C17H10FNO2. The van der Waals surface area contributed by atoms with E-state index in [0.29, 0.717) is 5.69 Å². The lowest BCUT2D eigenvalue weighted by atomic mass is 9.83. The van der Waals surface area contributed by atoms with Gasteiger partial charge < -0.3 is 5.32 Å². The third kappa shape index (κ3) is 1.91. The Labute approximate surface area is 120 Å². The van der Waals surface area contributed by atoms with E-state index in [2.05, 4.69) is 11.2 Å². The van der Waals surface area contributed by atoms with E-state index in [-0.39, 0.29) is 34.6 Å². The van der Waals surface area contributed by atoms with Gasteiger partial charge in [-0.3, -0.25) is 9.59 Å². The fraction of sp³-hybridized carbons (Fsp3) is 0.0588. The van der Waals surface area contributed by atoms with E-state index >= 15 is 0 Å². The second-order valence-electron chi connectivity index (χ2n) is 4.61. The Morgan fingerprint density at radius 1 is 1.00 bits per heavy atom. The molecule has 0 atom stereocenters. The molecule has 102 valence electrons. The second kappa shape index (κ2) is 4.88. The van der Waals surface area contributed by atoms with Gasteiger partial charge in [0.1, 0.15) is 5.82 Å². The van der Waals surface area contributed by atoms with Crippen molar-refractivity contribution in [1.82, 2.24) is 0 Å². The third-order valence-electron chi connectivity index (χ3n) is 3.41. The van der Waals surface area contributed by atoms with Gasteiger partial charge in [0, 0.05) is 16.8 Å². The quantitative estimate of drug-likeness (QED) is 0.734. The number of fused-ring (bicyclic) bond motifs is 2. The molecule has 0 unspecified atom stereocenters. The minimum atomic E-state index is -0.705. The smallest absolute Gasteiger partial charge is 0.197 e. The van der Waals surface area contributed by atoms with Crippen LogP contribution in [-0.4, -0.2) is 18.1 Å². The third-order valence-corrected chi connectivity index (χ3v) is 3.41. The van der Waals surface area contributed by atoms with Gasteiger partial charge in [-0.1, -0.05) is 30.2 Å². The van der Waals surface area contributed by atoms with Crippen molar-refractivity contribution in [2.45, 2.75) is 0 Å². The molecule has 21 heavy (non-hydrogen) atoms. The number of ketones is 2. The number of carbonyl (C=O) groups excluding carboxylic acids is 2. The minimum Gasteiger partial charge on any atom is -0.374 e. The molecule has 0 saturated heterocycles. The van der Waals surface area contributed by atoms with Gasteiger partial charge in [-0.2, -0.15) is 0 Å². The van der Waals surface area contributed by atoms with Gasteiger partial charge in [0.15, 0.2) is 11.6 Å². The standard InChI is InChI=1S/C17H10FNO2/c1-2-9-19-13-8-7-12(18)14-15(13)17(21)11-6-4-3-5-10(11)16(14)20/h1,3-8,19H,9H2. The first-order chi connectivity index (χ1) is 10.1. The molecule has 1 aliphatic carbocycles. The molecule has 0 saturated carbocycles. The van der Waals surface area contributed by atoms with Crippen LogP contribution < -0.4 is 5.32 Å². The van der Waals surface area contributed by atoms with E-state index in [4.69, 9.17) is 6.42 Å². The van der Waals surface area contributed by atoms with Crippen LogP contribution in [0.1, 0.15) is 31.8 Å². The summed E-state index contributed by atoms with van der Waals surface area (Å²) in [6, 6.07) is 8.99. The molecule has 1 N–H and O–H groups in total. The zero-order valence-electron chi connectivity index (χ0n) is 10.9. The van der Waals surface area contributed by atoms with E-state index in [0.717, 1.165) is 6.07 Å². The highest BCUT2D eigenvalue weighted by Crippen LogP contribution is 2.33. The molecule has 0 fully saturated rings. The molecule has 4 heteroatoms. The van der Waals surface area contributed by atoms with E-state index in [1.54, 1.807) is 18.2 Å². The average Bonchev–Trinajstić information content (AvgIpc) is 2.51. The van der Waals surface area contributed by atoms with Crippen molar-refractivity contribution in [3.8, 4) is 12.3 Å². The lowest BCUT2D eigenvalue weighted by Gasteiger charge is -2.20. The summed E-state index contributed by atoms with van der Waals surface area (Å²) in [6.45, 7) is 0.182. The Hall–Kier alpha value is -2.93. The molecule has 0 bridgehead atoms. The molecule has 3 nitrogen and oxygen atoms in total. The first-order valence-electron chi connectivity index (χ1n) is 6.33. The van der Waals surface area contributed by atoms with Crippen molar-refractivity contribution in [2.24, 2.45) is 0 Å². The van der Waals surface area contributed by atoms with E-state index in [9.17, 15) is 14.0 Å². The van der Waals surface area contributed by atoms with Gasteiger partial charge in [0.25, 0.3) is 0 Å². The number of nitrogens with one attached hydrogen (secondary N) is 1. The highest BCUT2D eigenvalue weighted by Gasteiger charge is 2.33. The first-order valence-corrected chi connectivity index (χ1v) is 6.33. The van der Waals surface area contributed by atoms with Crippen LogP contribution in [0, 0.1) is 18.2 Å². The van der Waals surface area contributed by atoms with Crippen molar-refractivity contribution < 1.29 is 14.0 Å². The summed E-state index contributed by atoms with van der Waals surface area (Å²) in [5, 5.41) is 2.86. The predicted molar refractivity (Wildman–Crippen MR) is 77.0 cm³/mol. The number of benzene rings is 2. The van der Waals surface area contributed by atoms with E-state index in [1.807, 2.05) is 0 Å². The molecule has 0 spiro atoms.